The summed E-state index contributed by atoms with van der Waals surface area (Å²) in [6, 6.07) is -0.689. The number of rotatable bonds is 48. The second kappa shape index (κ2) is 56.6. The van der Waals surface area contributed by atoms with Gasteiger partial charge in [0.15, 0.2) is 0 Å². The molecular weight excluding hydrogens is 819 g/mol. The van der Waals surface area contributed by atoms with Gasteiger partial charge in [-0.3, -0.25) is 4.79 Å². The number of unbranched alkanes of at least 4 members (excludes halogenated alkanes) is 19. The summed E-state index contributed by atoms with van der Waals surface area (Å²) >= 11 is 0. The van der Waals surface area contributed by atoms with Crippen molar-refractivity contribution in [2.45, 2.75) is 238 Å². The van der Waals surface area contributed by atoms with E-state index in [0.717, 1.165) is 96.3 Å². The van der Waals surface area contributed by atoms with Gasteiger partial charge >= 0.3 is 0 Å². The highest BCUT2D eigenvalue weighted by molar-refractivity contribution is 5.76. The van der Waals surface area contributed by atoms with Crippen LogP contribution in [0.5, 0.6) is 0 Å². The molecule has 67 heavy (non-hydrogen) atoms. The van der Waals surface area contributed by atoms with Gasteiger partial charge < -0.3 is 15.5 Å². The Kier molecular flexibility index (Phi) is 53.4. The molecule has 0 saturated heterocycles. The second-order valence-corrected chi connectivity index (χ2v) is 17.9. The molecular formula is C63H103NO3. The van der Waals surface area contributed by atoms with Gasteiger partial charge in [-0.2, -0.15) is 0 Å². The molecule has 0 radical (unpaired) electrons. The molecule has 0 aliphatic rings. The summed E-state index contributed by atoms with van der Waals surface area (Å²) in [5.41, 5.74) is 0. The van der Waals surface area contributed by atoms with Gasteiger partial charge in [0.2, 0.25) is 5.91 Å². The maximum Gasteiger partial charge on any atom is 0.220 e. The van der Waals surface area contributed by atoms with Gasteiger partial charge in [0.25, 0.3) is 0 Å². The number of aliphatic hydroxyl groups is 2. The van der Waals surface area contributed by atoms with Crippen LogP contribution in [-0.4, -0.2) is 34.9 Å². The molecule has 4 heteroatoms. The van der Waals surface area contributed by atoms with Crippen LogP contribution in [0, 0.1) is 0 Å². The van der Waals surface area contributed by atoms with Gasteiger partial charge in [-0.05, 0) is 109 Å². The van der Waals surface area contributed by atoms with E-state index in [9.17, 15) is 15.0 Å². The molecule has 0 saturated carbocycles. The number of amides is 1. The van der Waals surface area contributed by atoms with Crippen LogP contribution in [0.15, 0.2) is 146 Å². The zero-order chi connectivity index (χ0) is 48.5. The molecule has 0 aromatic heterocycles. The molecule has 2 unspecified atom stereocenters. The summed E-state index contributed by atoms with van der Waals surface area (Å²) < 4.78 is 0. The summed E-state index contributed by atoms with van der Waals surface area (Å²) in [7, 11) is 0. The molecule has 1 amide bonds. The molecule has 0 aliphatic heterocycles. The van der Waals surface area contributed by atoms with Gasteiger partial charge in [0.05, 0.1) is 18.8 Å². The van der Waals surface area contributed by atoms with Crippen LogP contribution in [0.4, 0.5) is 0 Å². The lowest BCUT2D eigenvalue weighted by Crippen LogP contribution is -2.45. The van der Waals surface area contributed by atoms with Crippen molar-refractivity contribution in [1.29, 1.82) is 0 Å². The fraction of sp³-hybridized carbons (Fsp3) is 0.603. The molecule has 378 valence electrons. The van der Waals surface area contributed by atoms with E-state index in [2.05, 4.69) is 153 Å². The normalized spacial score (nSPS) is 14.0. The topological polar surface area (TPSA) is 69.6 Å². The largest absolute Gasteiger partial charge is 0.394 e. The van der Waals surface area contributed by atoms with Gasteiger partial charge in [-0.15, -0.1) is 0 Å². The molecule has 0 aromatic carbocycles. The first-order valence-electron chi connectivity index (χ1n) is 27.5. The highest BCUT2D eigenvalue weighted by Crippen LogP contribution is 2.14. The summed E-state index contributed by atoms with van der Waals surface area (Å²) in [5.74, 6) is -0.141. The van der Waals surface area contributed by atoms with Crippen LogP contribution in [0.25, 0.3) is 0 Å². The predicted octanol–water partition coefficient (Wildman–Crippen LogP) is 18.4. The van der Waals surface area contributed by atoms with E-state index in [-0.39, 0.29) is 12.5 Å². The SMILES string of the molecule is CC/C=C\C/C=C\C/C=C\C/C=C\C/C=C\C/C=C\C/C=C\C/C=C\C/C=C\CCCC(=O)NC(CO)C(O)/C=C/CC/C=C/CC/C=C/CCCCCCCCCCCCCCCCCC. The van der Waals surface area contributed by atoms with Gasteiger partial charge in [0.1, 0.15) is 0 Å². The fourth-order valence-corrected chi connectivity index (χ4v) is 7.39. The Morgan fingerprint density at radius 2 is 0.672 bits per heavy atom. The van der Waals surface area contributed by atoms with Gasteiger partial charge in [-0.1, -0.05) is 256 Å². The molecule has 0 aliphatic carbocycles. The van der Waals surface area contributed by atoms with E-state index in [4.69, 9.17) is 0 Å². The third kappa shape index (κ3) is 53.1. The Bertz CT molecular complexity index is 1420. The van der Waals surface area contributed by atoms with Gasteiger partial charge in [0, 0.05) is 6.42 Å². The molecule has 4 nitrogen and oxygen atoms in total. The number of carbonyl (C=O) groups is 1. The van der Waals surface area contributed by atoms with Crippen molar-refractivity contribution >= 4 is 5.91 Å². The Morgan fingerprint density at radius 3 is 1.04 bits per heavy atom. The van der Waals surface area contributed by atoms with Crippen molar-refractivity contribution in [3.8, 4) is 0 Å². The number of hydrogen-bond acceptors (Lipinski definition) is 3. The second-order valence-electron chi connectivity index (χ2n) is 17.9. The van der Waals surface area contributed by atoms with Crippen molar-refractivity contribution in [3.63, 3.8) is 0 Å². The molecule has 3 N–H and O–H groups in total. The van der Waals surface area contributed by atoms with Gasteiger partial charge in [-0.25, -0.2) is 0 Å². The lowest BCUT2D eigenvalue weighted by molar-refractivity contribution is -0.122. The van der Waals surface area contributed by atoms with Crippen LogP contribution < -0.4 is 5.32 Å². The summed E-state index contributed by atoms with van der Waals surface area (Å²) in [6.45, 7) is 4.15. The van der Waals surface area contributed by atoms with Crippen molar-refractivity contribution in [2.24, 2.45) is 0 Å². The van der Waals surface area contributed by atoms with E-state index in [1.54, 1.807) is 6.08 Å². The van der Waals surface area contributed by atoms with E-state index >= 15 is 0 Å². The number of aliphatic hydroxyl groups excluding tert-OH is 2. The lowest BCUT2D eigenvalue weighted by Gasteiger charge is -2.19. The van der Waals surface area contributed by atoms with Crippen LogP contribution in [-0.2, 0) is 4.79 Å². The third-order valence-corrected chi connectivity index (χ3v) is 11.5. The van der Waals surface area contributed by atoms with Crippen LogP contribution in [0.1, 0.15) is 226 Å². The minimum atomic E-state index is -0.907. The van der Waals surface area contributed by atoms with Crippen molar-refractivity contribution in [3.05, 3.63) is 146 Å². The molecule has 0 fully saturated rings. The standard InChI is InChI=1S/C63H103NO3/c1-3-5-7-9-11-13-15-17-19-21-23-25-27-29-31-32-33-35-37-39-41-43-45-47-49-51-53-55-57-59-63(67)64-61(60-65)62(66)58-56-54-52-50-48-46-44-42-40-38-36-34-30-28-26-24-22-20-18-16-14-12-10-8-6-4-2/h5,7,11,13,17,19,23,25,29,31,33,35,39-42,45,47-48,50-51,53,56,58,61-62,65-66H,3-4,6,8-10,12,14-16,18,20-22,24,26-28,30,32,34,36-38,43-44,46,49,52,54-55,57,59-60H2,1-2H3,(H,64,67)/b7-5-,13-11-,19-17-,25-23-,31-29-,35-33-,41-39-,42-40+,47-45-,50-48+,53-51-,58-56+. The van der Waals surface area contributed by atoms with E-state index < -0.39 is 12.1 Å². The average Bonchev–Trinajstić information content (AvgIpc) is 3.33. The summed E-state index contributed by atoms with van der Waals surface area (Å²) in [5, 5.41) is 23.1. The molecule has 0 heterocycles. The molecule has 0 bridgehead atoms. The summed E-state index contributed by atoms with van der Waals surface area (Å²) in [6.07, 6.45) is 90.0. The number of nitrogens with one attached hydrogen (secondary N) is 1. The molecule has 0 rings (SSSR count). The van der Waals surface area contributed by atoms with Crippen molar-refractivity contribution in [1.82, 2.24) is 5.32 Å². The smallest absolute Gasteiger partial charge is 0.220 e. The first-order chi connectivity index (χ1) is 33.2. The van der Waals surface area contributed by atoms with E-state index in [1.807, 2.05) is 6.08 Å². The minimum absolute atomic E-state index is 0.141. The zero-order valence-electron chi connectivity index (χ0n) is 43.4. The Hall–Kier alpha value is -3.73. The highest BCUT2D eigenvalue weighted by Gasteiger charge is 2.17. The maximum atomic E-state index is 12.4. The zero-order valence-corrected chi connectivity index (χ0v) is 43.4. The number of carbonyl (C=O) groups excluding carboxylic acids is 1. The average molecular weight is 923 g/mol. The molecule has 2 atom stereocenters. The van der Waals surface area contributed by atoms with E-state index in [0.29, 0.717) is 6.42 Å². The Balaban J connectivity index is 3.76. The highest BCUT2D eigenvalue weighted by atomic mass is 16.3. The van der Waals surface area contributed by atoms with Crippen LogP contribution in [0.2, 0.25) is 0 Å². The Morgan fingerprint density at radius 1 is 0.373 bits per heavy atom. The van der Waals surface area contributed by atoms with Crippen LogP contribution in [0.3, 0.4) is 0 Å². The van der Waals surface area contributed by atoms with Crippen molar-refractivity contribution < 1.29 is 15.0 Å². The maximum absolute atomic E-state index is 12.4. The Labute approximate surface area is 414 Å². The first kappa shape index (κ1) is 63.3. The number of allylic oxidation sites excluding steroid dienone is 23. The predicted molar refractivity (Wildman–Crippen MR) is 298 cm³/mol. The lowest BCUT2D eigenvalue weighted by atomic mass is 10.0. The molecule has 0 aromatic rings. The molecule has 0 spiro atoms. The fourth-order valence-electron chi connectivity index (χ4n) is 7.39. The van der Waals surface area contributed by atoms with Crippen molar-refractivity contribution in [2.75, 3.05) is 6.61 Å². The number of hydrogen-bond donors (Lipinski definition) is 3. The minimum Gasteiger partial charge on any atom is -0.394 e. The van der Waals surface area contributed by atoms with E-state index in [1.165, 1.54) is 109 Å². The summed E-state index contributed by atoms with van der Waals surface area (Å²) in [4.78, 5) is 12.4. The quantitative estimate of drug-likeness (QED) is 0.0421. The van der Waals surface area contributed by atoms with Crippen LogP contribution >= 0.6 is 0 Å². The first-order valence-corrected chi connectivity index (χ1v) is 27.5. The monoisotopic (exact) mass is 922 g/mol. The third-order valence-electron chi connectivity index (χ3n) is 11.5.